The summed E-state index contributed by atoms with van der Waals surface area (Å²) < 4.78 is 10.8. The molecule has 0 bridgehead atoms. The van der Waals surface area contributed by atoms with Gasteiger partial charge >= 0.3 is 0 Å². The van der Waals surface area contributed by atoms with E-state index in [9.17, 15) is 4.79 Å². The Labute approximate surface area is 196 Å². The third-order valence-corrected chi connectivity index (χ3v) is 6.40. The van der Waals surface area contributed by atoms with Crippen molar-refractivity contribution in [2.45, 2.75) is 6.92 Å². The standard InChI is InChI=1S/C23H25ClN6O3/c1-16-21(22(27-33-16)17-4-2-3-5-18(17)24)23(31)30-10-8-28(9-11-30)19-6-7-20(26-25-19)29-12-14-32-15-13-29/h2-7H,8-15H2,1H3. The predicted octanol–water partition coefficient (Wildman–Crippen LogP) is 2.89. The van der Waals surface area contributed by atoms with Crippen molar-refractivity contribution in [1.29, 1.82) is 0 Å². The van der Waals surface area contributed by atoms with Crippen LogP contribution in [0, 0.1) is 6.92 Å². The van der Waals surface area contributed by atoms with E-state index in [2.05, 4.69) is 25.2 Å². The van der Waals surface area contributed by atoms with Crippen LogP contribution >= 0.6 is 11.6 Å². The van der Waals surface area contributed by atoms with Crippen molar-refractivity contribution < 1.29 is 14.1 Å². The summed E-state index contributed by atoms with van der Waals surface area (Å²) in [5.74, 6) is 2.07. The number of aryl methyl sites for hydroxylation is 1. The average Bonchev–Trinajstić information content (AvgIpc) is 3.25. The van der Waals surface area contributed by atoms with Gasteiger partial charge in [-0.2, -0.15) is 0 Å². The summed E-state index contributed by atoms with van der Waals surface area (Å²) in [6.07, 6.45) is 0. The Balaban J connectivity index is 1.26. The van der Waals surface area contributed by atoms with Crippen LogP contribution in [0.25, 0.3) is 11.3 Å². The summed E-state index contributed by atoms with van der Waals surface area (Å²) >= 11 is 6.34. The van der Waals surface area contributed by atoms with Crippen LogP contribution in [-0.2, 0) is 4.74 Å². The van der Waals surface area contributed by atoms with Gasteiger partial charge in [-0.3, -0.25) is 4.79 Å². The average molecular weight is 469 g/mol. The first kappa shape index (κ1) is 21.7. The largest absolute Gasteiger partial charge is 0.378 e. The van der Waals surface area contributed by atoms with Crippen LogP contribution < -0.4 is 9.80 Å². The van der Waals surface area contributed by atoms with Crippen molar-refractivity contribution in [3.05, 3.63) is 52.7 Å². The van der Waals surface area contributed by atoms with Gasteiger partial charge in [0.25, 0.3) is 5.91 Å². The molecule has 33 heavy (non-hydrogen) atoms. The van der Waals surface area contributed by atoms with Crippen LogP contribution in [0.3, 0.4) is 0 Å². The number of amides is 1. The van der Waals surface area contributed by atoms with Gasteiger partial charge < -0.3 is 24.0 Å². The van der Waals surface area contributed by atoms with Crippen molar-refractivity contribution in [2.24, 2.45) is 0 Å². The molecule has 5 rings (SSSR count). The van der Waals surface area contributed by atoms with Gasteiger partial charge in [-0.25, -0.2) is 0 Å². The lowest BCUT2D eigenvalue weighted by atomic mass is 10.0. The second-order valence-corrected chi connectivity index (χ2v) is 8.48. The van der Waals surface area contributed by atoms with Gasteiger partial charge in [0.15, 0.2) is 11.6 Å². The van der Waals surface area contributed by atoms with E-state index < -0.39 is 0 Å². The first-order valence-corrected chi connectivity index (χ1v) is 11.4. The van der Waals surface area contributed by atoms with E-state index in [0.29, 0.717) is 67.0 Å². The van der Waals surface area contributed by atoms with Crippen LogP contribution in [0.15, 0.2) is 40.9 Å². The second kappa shape index (κ2) is 9.36. The molecule has 3 aromatic rings. The fourth-order valence-electron chi connectivity index (χ4n) is 4.21. The van der Waals surface area contributed by atoms with Gasteiger partial charge in [0, 0.05) is 44.8 Å². The van der Waals surface area contributed by atoms with Gasteiger partial charge in [-0.05, 0) is 25.1 Å². The molecule has 0 spiro atoms. The Morgan fingerprint density at radius 3 is 2.18 bits per heavy atom. The number of piperazine rings is 1. The number of nitrogens with zero attached hydrogens (tertiary/aromatic N) is 6. The zero-order chi connectivity index (χ0) is 22.8. The molecule has 0 radical (unpaired) electrons. The summed E-state index contributed by atoms with van der Waals surface area (Å²) in [5.41, 5.74) is 1.63. The lowest BCUT2D eigenvalue weighted by molar-refractivity contribution is 0.0745. The zero-order valence-electron chi connectivity index (χ0n) is 18.4. The maximum Gasteiger partial charge on any atom is 0.259 e. The fourth-order valence-corrected chi connectivity index (χ4v) is 4.43. The minimum absolute atomic E-state index is 0.0999. The number of ether oxygens (including phenoxy) is 1. The van der Waals surface area contributed by atoms with E-state index in [1.807, 2.05) is 35.2 Å². The molecule has 1 amide bonds. The molecule has 0 unspecified atom stereocenters. The van der Waals surface area contributed by atoms with E-state index >= 15 is 0 Å². The maximum atomic E-state index is 13.4. The Morgan fingerprint density at radius 2 is 1.55 bits per heavy atom. The minimum atomic E-state index is -0.0999. The molecule has 4 heterocycles. The fraction of sp³-hybridized carbons (Fsp3) is 0.391. The molecule has 2 aliphatic rings. The smallest absolute Gasteiger partial charge is 0.259 e. The molecule has 2 aliphatic heterocycles. The highest BCUT2D eigenvalue weighted by Crippen LogP contribution is 2.32. The Kier molecular flexibility index (Phi) is 6.15. The summed E-state index contributed by atoms with van der Waals surface area (Å²) in [4.78, 5) is 19.5. The molecule has 0 aliphatic carbocycles. The molecule has 10 heteroatoms. The predicted molar refractivity (Wildman–Crippen MR) is 125 cm³/mol. The lowest BCUT2D eigenvalue weighted by Gasteiger charge is -2.35. The van der Waals surface area contributed by atoms with Gasteiger partial charge in [-0.1, -0.05) is 35.0 Å². The molecule has 1 aromatic carbocycles. The van der Waals surface area contributed by atoms with Gasteiger partial charge in [0.05, 0.1) is 18.2 Å². The molecular formula is C23H25ClN6O3. The molecule has 0 atom stereocenters. The number of anilines is 2. The second-order valence-electron chi connectivity index (χ2n) is 8.07. The van der Waals surface area contributed by atoms with Crippen molar-refractivity contribution >= 4 is 29.1 Å². The van der Waals surface area contributed by atoms with Gasteiger partial charge in [-0.15, -0.1) is 10.2 Å². The number of morpholine rings is 1. The lowest BCUT2D eigenvalue weighted by Crippen LogP contribution is -2.49. The van der Waals surface area contributed by atoms with Crippen molar-refractivity contribution in [3.63, 3.8) is 0 Å². The van der Waals surface area contributed by atoms with Crippen molar-refractivity contribution in [1.82, 2.24) is 20.3 Å². The number of carbonyl (C=O) groups excluding carboxylic acids is 1. The first-order chi connectivity index (χ1) is 16.1. The normalized spacial score (nSPS) is 16.8. The molecule has 2 aromatic heterocycles. The van der Waals surface area contributed by atoms with E-state index in [-0.39, 0.29) is 5.91 Å². The van der Waals surface area contributed by atoms with Crippen LogP contribution in [0.1, 0.15) is 16.1 Å². The Hall–Kier alpha value is -3.17. The quantitative estimate of drug-likeness (QED) is 0.577. The van der Waals surface area contributed by atoms with Crippen LogP contribution in [0.5, 0.6) is 0 Å². The van der Waals surface area contributed by atoms with Gasteiger partial charge in [0.1, 0.15) is 17.0 Å². The highest BCUT2D eigenvalue weighted by molar-refractivity contribution is 6.33. The monoisotopic (exact) mass is 468 g/mol. The summed E-state index contributed by atoms with van der Waals surface area (Å²) in [6.45, 7) is 7.30. The van der Waals surface area contributed by atoms with Gasteiger partial charge in [0.2, 0.25) is 0 Å². The van der Waals surface area contributed by atoms with Crippen LogP contribution in [0.2, 0.25) is 5.02 Å². The maximum absolute atomic E-state index is 13.4. The number of rotatable bonds is 4. The van der Waals surface area contributed by atoms with Crippen molar-refractivity contribution in [3.8, 4) is 11.3 Å². The van der Waals surface area contributed by atoms with E-state index in [0.717, 1.165) is 24.7 Å². The third kappa shape index (κ3) is 4.38. The number of hydrogen-bond acceptors (Lipinski definition) is 8. The van der Waals surface area contributed by atoms with E-state index in [1.165, 1.54) is 0 Å². The molecule has 172 valence electrons. The summed E-state index contributed by atoms with van der Waals surface area (Å²) in [6, 6.07) is 11.3. The zero-order valence-corrected chi connectivity index (χ0v) is 19.2. The summed E-state index contributed by atoms with van der Waals surface area (Å²) in [7, 11) is 0. The highest BCUT2D eigenvalue weighted by Gasteiger charge is 2.29. The number of benzene rings is 1. The molecule has 9 nitrogen and oxygen atoms in total. The number of halogens is 1. The van der Waals surface area contributed by atoms with Crippen molar-refractivity contribution in [2.75, 3.05) is 62.3 Å². The first-order valence-electron chi connectivity index (χ1n) is 11.0. The molecule has 0 saturated carbocycles. The number of aromatic nitrogens is 3. The molecule has 2 fully saturated rings. The van der Waals surface area contributed by atoms with E-state index in [4.69, 9.17) is 20.9 Å². The third-order valence-electron chi connectivity index (χ3n) is 6.07. The van der Waals surface area contributed by atoms with E-state index in [1.54, 1.807) is 13.0 Å². The highest BCUT2D eigenvalue weighted by atomic mass is 35.5. The SMILES string of the molecule is Cc1onc(-c2ccccc2Cl)c1C(=O)N1CCN(c2ccc(N3CCOCC3)nn2)CC1. The number of hydrogen-bond donors (Lipinski definition) is 0. The number of carbonyl (C=O) groups is 1. The minimum Gasteiger partial charge on any atom is -0.378 e. The summed E-state index contributed by atoms with van der Waals surface area (Å²) in [5, 5.41) is 13.5. The Bertz CT molecular complexity index is 1120. The Morgan fingerprint density at radius 1 is 0.909 bits per heavy atom. The molecular weight excluding hydrogens is 444 g/mol. The van der Waals surface area contributed by atoms with Crippen LogP contribution in [-0.4, -0.2) is 78.6 Å². The van der Waals surface area contributed by atoms with Crippen LogP contribution in [0.4, 0.5) is 11.6 Å². The molecule has 0 N–H and O–H groups in total. The topological polar surface area (TPSA) is 87.8 Å². The molecule has 2 saturated heterocycles.